The van der Waals surface area contributed by atoms with Crippen LogP contribution in [0.15, 0.2) is 29.3 Å². The zero-order chi connectivity index (χ0) is 20.6. The Balaban J connectivity index is 2.48. The number of nitriles is 1. The number of benzene rings is 1. The molecule has 27 heavy (non-hydrogen) atoms. The van der Waals surface area contributed by atoms with Gasteiger partial charge in [0.2, 0.25) is 0 Å². The molecule has 11 heteroatoms. The lowest BCUT2D eigenvalue weighted by molar-refractivity contribution is -0.145. The van der Waals surface area contributed by atoms with E-state index in [9.17, 15) is 26.4 Å². The van der Waals surface area contributed by atoms with Gasteiger partial charge in [0, 0.05) is 6.04 Å². The lowest BCUT2D eigenvalue weighted by atomic mass is 10.2. The van der Waals surface area contributed by atoms with E-state index in [1.807, 2.05) is 0 Å². The number of alkyl halides is 3. The third kappa shape index (κ3) is 4.11. The highest BCUT2D eigenvalue weighted by Crippen LogP contribution is 2.33. The molecule has 1 N–H and O–H groups in total. The standard InChI is InChI=1S/C16H15F3N4O3S/c1-9(2)23-14(16(17,18)19)12(8-21-23)15(24)22-27(25,26)13-6-11(7-20)5-4-10(13)3/h4-6,8-9H,1-3H3,(H,22,24). The van der Waals surface area contributed by atoms with Crippen molar-refractivity contribution in [3.63, 3.8) is 0 Å². The van der Waals surface area contributed by atoms with E-state index in [4.69, 9.17) is 5.26 Å². The smallest absolute Gasteiger partial charge is 0.268 e. The van der Waals surface area contributed by atoms with Gasteiger partial charge in [-0.1, -0.05) is 6.07 Å². The van der Waals surface area contributed by atoms with Gasteiger partial charge in [-0.3, -0.25) is 9.48 Å². The number of aromatic nitrogens is 2. The minimum atomic E-state index is -4.91. The van der Waals surface area contributed by atoms with Crippen molar-refractivity contribution < 1.29 is 26.4 Å². The molecular formula is C16H15F3N4O3S. The van der Waals surface area contributed by atoms with Crippen LogP contribution in [0.5, 0.6) is 0 Å². The molecular weight excluding hydrogens is 385 g/mol. The van der Waals surface area contributed by atoms with Crippen molar-refractivity contribution in [2.24, 2.45) is 0 Å². The van der Waals surface area contributed by atoms with E-state index < -0.39 is 39.4 Å². The molecule has 0 aliphatic carbocycles. The molecule has 0 atom stereocenters. The van der Waals surface area contributed by atoms with Gasteiger partial charge < -0.3 is 0 Å². The Morgan fingerprint density at radius 2 is 1.96 bits per heavy atom. The topological polar surface area (TPSA) is 105 Å². The summed E-state index contributed by atoms with van der Waals surface area (Å²) in [4.78, 5) is 11.9. The summed E-state index contributed by atoms with van der Waals surface area (Å²) in [6.45, 7) is 4.31. The van der Waals surface area contributed by atoms with Gasteiger partial charge in [0.25, 0.3) is 15.9 Å². The number of nitrogens with zero attached hydrogens (tertiary/aromatic N) is 3. The predicted octanol–water partition coefficient (Wildman–Crippen LogP) is 2.78. The average Bonchev–Trinajstić information content (AvgIpc) is 3.00. The number of hydrogen-bond acceptors (Lipinski definition) is 5. The van der Waals surface area contributed by atoms with Crippen molar-refractivity contribution >= 4 is 15.9 Å². The number of sulfonamides is 1. The van der Waals surface area contributed by atoms with Crippen LogP contribution in [0.3, 0.4) is 0 Å². The number of rotatable bonds is 4. The van der Waals surface area contributed by atoms with E-state index in [-0.39, 0.29) is 16.0 Å². The quantitative estimate of drug-likeness (QED) is 0.850. The van der Waals surface area contributed by atoms with E-state index in [0.29, 0.717) is 10.9 Å². The fourth-order valence-corrected chi connectivity index (χ4v) is 3.63. The molecule has 7 nitrogen and oxygen atoms in total. The molecule has 2 rings (SSSR count). The Labute approximate surface area is 153 Å². The number of amides is 1. The lowest BCUT2D eigenvalue weighted by Gasteiger charge is -2.15. The number of halogens is 3. The molecule has 1 amide bonds. The van der Waals surface area contributed by atoms with E-state index >= 15 is 0 Å². The molecule has 0 radical (unpaired) electrons. The Kier molecular flexibility index (Phi) is 5.33. The van der Waals surface area contributed by atoms with Gasteiger partial charge >= 0.3 is 6.18 Å². The van der Waals surface area contributed by atoms with Crippen LogP contribution >= 0.6 is 0 Å². The molecule has 0 aliphatic rings. The summed E-state index contributed by atoms with van der Waals surface area (Å²) in [6, 6.07) is 4.83. The van der Waals surface area contributed by atoms with Crippen molar-refractivity contribution in [1.82, 2.24) is 14.5 Å². The molecule has 1 heterocycles. The lowest BCUT2D eigenvalue weighted by Crippen LogP contribution is -2.32. The Morgan fingerprint density at radius 3 is 2.48 bits per heavy atom. The Morgan fingerprint density at radius 1 is 1.33 bits per heavy atom. The van der Waals surface area contributed by atoms with Crippen molar-refractivity contribution in [2.75, 3.05) is 0 Å². The minimum absolute atomic E-state index is 0.0250. The first-order valence-corrected chi connectivity index (χ1v) is 9.09. The highest BCUT2D eigenvalue weighted by Gasteiger charge is 2.41. The number of aryl methyl sites for hydroxylation is 1. The van der Waals surface area contributed by atoms with E-state index in [1.54, 1.807) is 10.8 Å². The molecule has 2 aromatic rings. The average molecular weight is 400 g/mol. The first-order valence-electron chi connectivity index (χ1n) is 7.61. The highest BCUT2D eigenvalue weighted by molar-refractivity contribution is 7.90. The van der Waals surface area contributed by atoms with Crippen molar-refractivity contribution in [2.45, 2.75) is 37.9 Å². The Bertz CT molecular complexity index is 1030. The predicted molar refractivity (Wildman–Crippen MR) is 88.2 cm³/mol. The van der Waals surface area contributed by atoms with Crippen molar-refractivity contribution in [3.8, 4) is 6.07 Å². The normalized spacial score (nSPS) is 12.1. The molecule has 0 saturated carbocycles. The molecule has 0 aliphatic heterocycles. The summed E-state index contributed by atoms with van der Waals surface area (Å²) in [5.41, 5.74) is -2.00. The number of carbonyl (C=O) groups is 1. The second-order valence-corrected chi connectivity index (χ2v) is 7.62. The first-order chi connectivity index (χ1) is 12.4. The molecule has 1 aromatic heterocycles. The van der Waals surface area contributed by atoms with Gasteiger partial charge in [-0.25, -0.2) is 13.1 Å². The van der Waals surface area contributed by atoms with Gasteiger partial charge in [0.05, 0.1) is 28.3 Å². The molecule has 0 fully saturated rings. The van der Waals surface area contributed by atoms with Crippen LogP contribution in [0, 0.1) is 18.3 Å². The first kappa shape index (κ1) is 20.4. The summed E-state index contributed by atoms with van der Waals surface area (Å²) in [5, 5.41) is 12.4. The van der Waals surface area contributed by atoms with Crippen LogP contribution in [0.25, 0.3) is 0 Å². The molecule has 0 spiro atoms. The monoisotopic (exact) mass is 400 g/mol. The number of carbonyl (C=O) groups excluding carboxylic acids is 1. The maximum Gasteiger partial charge on any atom is 0.433 e. The summed E-state index contributed by atoms with van der Waals surface area (Å²) in [5.74, 6) is -1.46. The zero-order valence-corrected chi connectivity index (χ0v) is 15.3. The van der Waals surface area contributed by atoms with Gasteiger partial charge in [-0.05, 0) is 38.5 Å². The van der Waals surface area contributed by atoms with Gasteiger partial charge in [-0.15, -0.1) is 0 Å². The summed E-state index contributed by atoms with van der Waals surface area (Å²) >= 11 is 0. The second kappa shape index (κ2) is 7.03. The van der Waals surface area contributed by atoms with E-state index in [2.05, 4.69) is 5.10 Å². The van der Waals surface area contributed by atoms with Crippen molar-refractivity contribution in [1.29, 1.82) is 5.26 Å². The summed E-state index contributed by atoms with van der Waals surface area (Å²) in [7, 11) is -4.50. The van der Waals surface area contributed by atoms with Crippen molar-refractivity contribution in [3.05, 3.63) is 46.8 Å². The van der Waals surface area contributed by atoms with Crippen LogP contribution in [-0.4, -0.2) is 24.1 Å². The Hall–Kier alpha value is -2.87. The fourth-order valence-electron chi connectivity index (χ4n) is 2.39. The highest BCUT2D eigenvalue weighted by atomic mass is 32.2. The second-order valence-electron chi connectivity index (χ2n) is 5.97. The molecule has 1 aromatic carbocycles. The maximum atomic E-state index is 13.4. The number of nitrogens with one attached hydrogen (secondary N) is 1. The van der Waals surface area contributed by atoms with Crippen LogP contribution < -0.4 is 4.72 Å². The molecule has 0 bridgehead atoms. The van der Waals surface area contributed by atoms with Gasteiger partial charge in [0.15, 0.2) is 5.69 Å². The fraction of sp³-hybridized carbons (Fsp3) is 0.312. The number of hydrogen-bond donors (Lipinski definition) is 1. The third-order valence-corrected chi connectivity index (χ3v) is 5.10. The van der Waals surface area contributed by atoms with Gasteiger partial charge in [-0.2, -0.15) is 23.5 Å². The summed E-state index contributed by atoms with van der Waals surface area (Å²) in [6.07, 6.45) is -4.24. The van der Waals surface area contributed by atoms with Gasteiger partial charge in [0.1, 0.15) is 0 Å². The van der Waals surface area contributed by atoms with E-state index in [1.165, 1.54) is 32.9 Å². The van der Waals surface area contributed by atoms with Crippen LogP contribution in [0.2, 0.25) is 0 Å². The molecule has 144 valence electrons. The maximum absolute atomic E-state index is 13.4. The minimum Gasteiger partial charge on any atom is -0.268 e. The molecule has 0 saturated heterocycles. The van der Waals surface area contributed by atoms with Crippen LogP contribution in [0.1, 0.15) is 47.1 Å². The summed E-state index contributed by atoms with van der Waals surface area (Å²) < 4.78 is 67.2. The largest absolute Gasteiger partial charge is 0.433 e. The van der Waals surface area contributed by atoms with E-state index in [0.717, 1.165) is 6.07 Å². The van der Waals surface area contributed by atoms with Crippen LogP contribution in [-0.2, 0) is 16.2 Å². The van der Waals surface area contributed by atoms with Crippen LogP contribution in [0.4, 0.5) is 13.2 Å². The molecule has 0 unspecified atom stereocenters. The third-order valence-electron chi connectivity index (χ3n) is 3.63. The SMILES string of the molecule is Cc1ccc(C#N)cc1S(=O)(=O)NC(=O)c1cnn(C(C)C)c1C(F)(F)F. The zero-order valence-electron chi connectivity index (χ0n) is 14.5.